The van der Waals surface area contributed by atoms with Crippen molar-refractivity contribution in [1.82, 2.24) is 25.1 Å². The Hall–Kier alpha value is -3.95. The lowest BCUT2D eigenvalue weighted by Gasteiger charge is -2.32. The molecule has 3 heterocycles. The molecule has 1 amide bonds. The first-order valence-electron chi connectivity index (χ1n) is 15.6. The van der Waals surface area contributed by atoms with Gasteiger partial charge in [0, 0.05) is 36.9 Å². The maximum absolute atomic E-state index is 13.6. The minimum atomic E-state index is -0.518. The zero-order chi connectivity index (χ0) is 31.4. The number of fused-ring (bicyclic) bond motifs is 1. The minimum Gasteiger partial charge on any atom is -0.488 e. The SMILES string of the molecule is CC1(Nc2ncnc3ccc(C4(C)C=CN(CC(=O)NCCN5CCCC5)C4)cc23)C=CC(OCc2cccc(F)c2)=C(Cl)C1. The van der Waals surface area contributed by atoms with E-state index in [0.29, 0.717) is 42.7 Å². The fraction of sp³-hybridized carbons (Fsp3) is 0.400. The van der Waals surface area contributed by atoms with Gasteiger partial charge in [0.25, 0.3) is 0 Å². The van der Waals surface area contributed by atoms with Crippen molar-refractivity contribution in [2.75, 3.05) is 44.6 Å². The summed E-state index contributed by atoms with van der Waals surface area (Å²) in [5.41, 5.74) is 1.90. The molecule has 2 aromatic carbocycles. The molecule has 1 aromatic heterocycles. The lowest BCUT2D eigenvalue weighted by atomic mass is 9.83. The first-order chi connectivity index (χ1) is 21.7. The molecular weight excluding hydrogens is 591 g/mol. The van der Waals surface area contributed by atoms with Crippen LogP contribution >= 0.6 is 11.6 Å². The number of allylic oxidation sites excluding steroid dienone is 1. The highest BCUT2D eigenvalue weighted by molar-refractivity contribution is 6.30. The maximum Gasteiger partial charge on any atom is 0.239 e. The van der Waals surface area contributed by atoms with Crippen LogP contribution in [0.25, 0.3) is 10.9 Å². The molecule has 2 aliphatic heterocycles. The molecule has 2 N–H and O–H groups in total. The van der Waals surface area contributed by atoms with Gasteiger partial charge in [-0.25, -0.2) is 14.4 Å². The number of anilines is 1. The van der Waals surface area contributed by atoms with E-state index in [1.807, 2.05) is 30.5 Å². The molecule has 0 bridgehead atoms. The van der Waals surface area contributed by atoms with E-state index in [1.165, 1.54) is 25.0 Å². The molecule has 6 rings (SSSR count). The van der Waals surface area contributed by atoms with Crippen molar-refractivity contribution in [1.29, 1.82) is 0 Å². The van der Waals surface area contributed by atoms with E-state index in [-0.39, 0.29) is 23.7 Å². The van der Waals surface area contributed by atoms with Crippen LogP contribution in [0.1, 0.15) is 44.2 Å². The number of hydrogen-bond acceptors (Lipinski definition) is 7. The summed E-state index contributed by atoms with van der Waals surface area (Å²) in [4.78, 5) is 26.2. The fourth-order valence-electron chi connectivity index (χ4n) is 6.29. The number of carbonyl (C=O) groups excluding carboxylic acids is 1. The van der Waals surface area contributed by atoms with Crippen LogP contribution in [0.5, 0.6) is 0 Å². The van der Waals surface area contributed by atoms with Crippen LogP contribution in [0.3, 0.4) is 0 Å². The second-order valence-corrected chi connectivity index (χ2v) is 13.2. The molecule has 10 heteroatoms. The third-order valence-corrected chi connectivity index (χ3v) is 9.17. The monoisotopic (exact) mass is 630 g/mol. The molecule has 3 aromatic rings. The number of nitrogens with zero attached hydrogens (tertiary/aromatic N) is 4. The number of halogens is 2. The molecule has 0 radical (unpaired) electrons. The van der Waals surface area contributed by atoms with Crippen molar-refractivity contribution >= 4 is 34.2 Å². The number of rotatable bonds is 11. The first-order valence-corrected chi connectivity index (χ1v) is 16.0. The molecule has 2 atom stereocenters. The summed E-state index contributed by atoms with van der Waals surface area (Å²) in [5.74, 6) is 1.03. The van der Waals surface area contributed by atoms with Gasteiger partial charge in [-0.05, 0) is 80.5 Å². The Labute approximate surface area is 269 Å². The predicted octanol–water partition coefficient (Wildman–Crippen LogP) is 5.87. The number of hydrogen-bond donors (Lipinski definition) is 2. The Morgan fingerprint density at radius 3 is 2.76 bits per heavy atom. The number of benzene rings is 2. The van der Waals surface area contributed by atoms with E-state index in [2.05, 4.69) is 62.5 Å². The molecule has 3 aliphatic rings. The van der Waals surface area contributed by atoms with Gasteiger partial charge in [-0.15, -0.1) is 0 Å². The van der Waals surface area contributed by atoms with Gasteiger partial charge in [-0.3, -0.25) is 4.79 Å². The molecule has 1 saturated heterocycles. The molecule has 8 nitrogen and oxygen atoms in total. The van der Waals surface area contributed by atoms with Crippen LogP contribution in [-0.4, -0.2) is 70.5 Å². The Morgan fingerprint density at radius 1 is 1.11 bits per heavy atom. The van der Waals surface area contributed by atoms with Crippen LogP contribution in [0, 0.1) is 5.82 Å². The average molecular weight is 631 g/mol. The highest BCUT2D eigenvalue weighted by Crippen LogP contribution is 2.37. The summed E-state index contributed by atoms with van der Waals surface area (Å²) < 4.78 is 19.5. The zero-order valence-corrected chi connectivity index (χ0v) is 26.6. The van der Waals surface area contributed by atoms with Crippen LogP contribution in [0.2, 0.25) is 0 Å². The number of ether oxygens (including phenoxy) is 1. The highest BCUT2D eigenvalue weighted by Gasteiger charge is 2.33. The van der Waals surface area contributed by atoms with Crippen LogP contribution < -0.4 is 10.6 Å². The van der Waals surface area contributed by atoms with Gasteiger partial charge in [-0.1, -0.05) is 48.9 Å². The molecule has 0 spiro atoms. The van der Waals surface area contributed by atoms with E-state index < -0.39 is 5.54 Å². The van der Waals surface area contributed by atoms with E-state index in [4.69, 9.17) is 16.3 Å². The lowest BCUT2D eigenvalue weighted by Crippen LogP contribution is -2.40. The van der Waals surface area contributed by atoms with E-state index in [9.17, 15) is 9.18 Å². The fourth-order valence-corrected chi connectivity index (χ4v) is 6.69. The summed E-state index contributed by atoms with van der Waals surface area (Å²) in [7, 11) is 0. The maximum atomic E-state index is 13.6. The average Bonchev–Trinajstić information content (AvgIpc) is 3.67. The van der Waals surface area contributed by atoms with Crippen molar-refractivity contribution in [2.45, 2.75) is 50.7 Å². The summed E-state index contributed by atoms with van der Waals surface area (Å²) in [6.07, 6.45) is 12.6. The normalized spacial score (nSPS) is 23.2. The van der Waals surface area contributed by atoms with Gasteiger partial charge in [0.15, 0.2) is 0 Å². The summed E-state index contributed by atoms with van der Waals surface area (Å²) in [6.45, 7) is 9.38. The lowest BCUT2D eigenvalue weighted by molar-refractivity contribution is -0.121. The second kappa shape index (κ2) is 13.2. The molecular formula is C35H40ClFN6O2. The van der Waals surface area contributed by atoms with Gasteiger partial charge in [-0.2, -0.15) is 0 Å². The summed E-state index contributed by atoms with van der Waals surface area (Å²) in [6, 6.07) is 12.6. The smallest absolute Gasteiger partial charge is 0.239 e. The molecule has 1 fully saturated rings. The van der Waals surface area contributed by atoms with Gasteiger partial charge in [0.05, 0.1) is 22.6 Å². The Morgan fingerprint density at radius 2 is 1.96 bits per heavy atom. The number of aromatic nitrogens is 2. The van der Waals surface area contributed by atoms with Crippen molar-refractivity contribution in [3.63, 3.8) is 0 Å². The largest absolute Gasteiger partial charge is 0.488 e. The van der Waals surface area contributed by atoms with Gasteiger partial charge >= 0.3 is 0 Å². The van der Waals surface area contributed by atoms with Crippen molar-refractivity contribution in [3.05, 3.63) is 101 Å². The Kier molecular flexibility index (Phi) is 9.10. The van der Waals surface area contributed by atoms with E-state index in [0.717, 1.165) is 41.7 Å². The van der Waals surface area contributed by atoms with E-state index >= 15 is 0 Å². The Bertz CT molecular complexity index is 1650. The molecule has 236 valence electrons. The highest BCUT2D eigenvalue weighted by atomic mass is 35.5. The topological polar surface area (TPSA) is 82.6 Å². The van der Waals surface area contributed by atoms with Crippen LogP contribution in [0.4, 0.5) is 10.2 Å². The van der Waals surface area contributed by atoms with Crippen LogP contribution in [0.15, 0.2) is 84.0 Å². The quantitative estimate of drug-likeness (QED) is 0.274. The van der Waals surface area contributed by atoms with Crippen LogP contribution in [-0.2, 0) is 21.6 Å². The standard InChI is InChI=1S/C35H40ClFN6O2/c1-34(12-16-43(23-34)21-32(44)38-13-17-42-14-3-4-15-42)26-8-9-30-28(19-26)33(40-24-39-30)41-35(2)11-10-31(29(36)20-35)45-22-25-6-5-7-27(37)18-25/h5-12,16,18-19,24H,3-4,13-15,17,20-23H2,1-2H3,(H,38,44)(H,39,40,41). The number of nitrogens with one attached hydrogen (secondary N) is 2. The summed E-state index contributed by atoms with van der Waals surface area (Å²) in [5, 5.41) is 8.15. The van der Waals surface area contributed by atoms with Gasteiger partial charge < -0.3 is 25.2 Å². The Balaban J connectivity index is 1.10. The zero-order valence-electron chi connectivity index (χ0n) is 25.9. The van der Waals surface area contributed by atoms with Crippen molar-refractivity contribution < 1.29 is 13.9 Å². The van der Waals surface area contributed by atoms with Crippen molar-refractivity contribution in [3.8, 4) is 0 Å². The first kappa shape index (κ1) is 31.0. The minimum absolute atomic E-state index is 0.0468. The number of carbonyl (C=O) groups is 1. The molecule has 0 saturated carbocycles. The summed E-state index contributed by atoms with van der Waals surface area (Å²) >= 11 is 6.70. The van der Waals surface area contributed by atoms with Gasteiger partial charge in [0.1, 0.15) is 30.3 Å². The third kappa shape index (κ3) is 7.48. The van der Waals surface area contributed by atoms with Gasteiger partial charge in [0.2, 0.25) is 5.91 Å². The molecule has 2 unspecified atom stereocenters. The van der Waals surface area contributed by atoms with Crippen molar-refractivity contribution in [2.24, 2.45) is 0 Å². The molecule has 1 aliphatic carbocycles. The molecule has 45 heavy (non-hydrogen) atoms. The number of likely N-dealkylation sites (tertiary alicyclic amines) is 1. The third-order valence-electron chi connectivity index (χ3n) is 8.85. The predicted molar refractivity (Wildman–Crippen MR) is 176 cm³/mol. The second-order valence-electron chi connectivity index (χ2n) is 12.7. The number of amides is 1. The van der Waals surface area contributed by atoms with E-state index in [1.54, 1.807) is 12.4 Å².